The van der Waals surface area contributed by atoms with Gasteiger partial charge in [-0.3, -0.25) is 14.4 Å². The number of aromatic nitrogens is 2. The van der Waals surface area contributed by atoms with Gasteiger partial charge in [0.1, 0.15) is 5.82 Å². The van der Waals surface area contributed by atoms with Crippen molar-refractivity contribution in [3.8, 4) is 0 Å². The van der Waals surface area contributed by atoms with E-state index in [2.05, 4.69) is 17.7 Å². The van der Waals surface area contributed by atoms with Crippen LogP contribution in [0.3, 0.4) is 0 Å². The first-order valence-electron chi connectivity index (χ1n) is 5.03. The van der Waals surface area contributed by atoms with Gasteiger partial charge in [0.2, 0.25) is 5.91 Å². The number of hydrogen-bond acceptors (Lipinski definition) is 3. The summed E-state index contributed by atoms with van der Waals surface area (Å²) in [4.78, 5) is 13.6. The number of carbonyl (C=O) groups excluding carboxylic acids is 1. The molecule has 82 valence electrons. The second-order valence-electron chi connectivity index (χ2n) is 4.02. The third-order valence-electron chi connectivity index (χ3n) is 2.72. The zero-order valence-electron chi connectivity index (χ0n) is 8.97. The number of thiol groups is 1. The second-order valence-corrected chi connectivity index (χ2v) is 4.39. The summed E-state index contributed by atoms with van der Waals surface area (Å²) in [6.07, 6.45) is 0.605. The minimum Gasteiger partial charge on any atom is -0.297 e. The summed E-state index contributed by atoms with van der Waals surface area (Å²) in [5.41, 5.74) is 0.939. The molecule has 1 aromatic rings. The topological polar surface area (TPSA) is 38.1 Å². The molecule has 1 fully saturated rings. The van der Waals surface area contributed by atoms with Crippen LogP contribution in [-0.2, 0) is 11.8 Å². The largest absolute Gasteiger partial charge is 0.297 e. The first kappa shape index (κ1) is 10.5. The van der Waals surface area contributed by atoms with E-state index in [-0.39, 0.29) is 5.91 Å². The molecule has 0 bridgehead atoms. The number of amides is 1. The summed E-state index contributed by atoms with van der Waals surface area (Å²) >= 11 is 4.24. The Bertz CT molecular complexity index is 388. The van der Waals surface area contributed by atoms with E-state index in [4.69, 9.17) is 0 Å². The molecular weight excluding hydrogens is 210 g/mol. The van der Waals surface area contributed by atoms with Crippen molar-refractivity contribution in [2.75, 3.05) is 17.2 Å². The van der Waals surface area contributed by atoms with Crippen molar-refractivity contribution in [2.45, 2.75) is 13.3 Å². The molecule has 1 amide bonds. The maximum atomic E-state index is 11.8. The molecule has 0 spiro atoms. The van der Waals surface area contributed by atoms with Crippen LogP contribution < -0.4 is 4.90 Å². The summed E-state index contributed by atoms with van der Waals surface area (Å²) in [5.74, 6) is 2.20. The smallest absolute Gasteiger partial charge is 0.228 e. The Morgan fingerprint density at radius 1 is 1.67 bits per heavy atom. The lowest BCUT2D eigenvalue weighted by molar-refractivity contribution is -0.117. The minimum atomic E-state index is 0.178. The molecule has 0 radical (unpaired) electrons. The van der Waals surface area contributed by atoms with E-state index >= 15 is 0 Å². The van der Waals surface area contributed by atoms with Crippen LogP contribution in [0, 0.1) is 12.8 Å². The van der Waals surface area contributed by atoms with Gasteiger partial charge < -0.3 is 0 Å². The number of hydrogen-bond donors (Lipinski definition) is 1. The molecule has 4 nitrogen and oxygen atoms in total. The van der Waals surface area contributed by atoms with E-state index in [1.54, 1.807) is 9.58 Å². The van der Waals surface area contributed by atoms with E-state index in [0.29, 0.717) is 12.3 Å². The Hall–Kier alpha value is -0.970. The summed E-state index contributed by atoms with van der Waals surface area (Å²) < 4.78 is 1.76. The molecule has 1 saturated heterocycles. The fourth-order valence-electron chi connectivity index (χ4n) is 1.97. The van der Waals surface area contributed by atoms with Crippen LogP contribution in [0.1, 0.15) is 12.1 Å². The Morgan fingerprint density at radius 3 is 2.87 bits per heavy atom. The molecule has 0 N–H and O–H groups in total. The van der Waals surface area contributed by atoms with Crippen LogP contribution in [0.5, 0.6) is 0 Å². The first-order chi connectivity index (χ1) is 7.11. The molecule has 0 aliphatic carbocycles. The minimum absolute atomic E-state index is 0.178. The molecule has 1 aliphatic heterocycles. The predicted octanol–water partition coefficient (Wildman–Crippen LogP) is 1.01. The highest BCUT2D eigenvalue weighted by atomic mass is 32.1. The maximum Gasteiger partial charge on any atom is 0.228 e. The summed E-state index contributed by atoms with van der Waals surface area (Å²) in [7, 11) is 1.86. The molecule has 1 unspecified atom stereocenters. The fourth-order valence-corrected chi connectivity index (χ4v) is 2.22. The van der Waals surface area contributed by atoms with Gasteiger partial charge in [-0.25, -0.2) is 0 Å². The molecular formula is C10H15N3OS. The molecule has 5 heteroatoms. The van der Waals surface area contributed by atoms with Crippen molar-refractivity contribution >= 4 is 24.4 Å². The Balaban J connectivity index is 2.25. The molecule has 1 aliphatic rings. The van der Waals surface area contributed by atoms with Crippen molar-refractivity contribution in [2.24, 2.45) is 13.0 Å². The zero-order chi connectivity index (χ0) is 11.0. The molecule has 1 aromatic heterocycles. The number of anilines is 1. The van der Waals surface area contributed by atoms with E-state index in [1.165, 1.54) is 0 Å². The normalized spacial score (nSPS) is 21.4. The quantitative estimate of drug-likeness (QED) is 0.763. The van der Waals surface area contributed by atoms with Gasteiger partial charge in [-0.2, -0.15) is 17.7 Å². The van der Waals surface area contributed by atoms with Gasteiger partial charge in [-0.05, 0) is 18.6 Å². The van der Waals surface area contributed by atoms with E-state index in [9.17, 15) is 4.79 Å². The van der Waals surface area contributed by atoms with Crippen molar-refractivity contribution in [1.29, 1.82) is 0 Å². The highest BCUT2D eigenvalue weighted by molar-refractivity contribution is 7.80. The third-order valence-corrected chi connectivity index (χ3v) is 3.23. The number of carbonyl (C=O) groups is 1. The van der Waals surface area contributed by atoms with Gasteiger partial charge in [0.25, 0.3) is 0 Å². The summed E-state index contributed by atoms with van der Waals surface area (Å²) in [6.45, 7) is 2.70. The van der Waals surface area contributed by atoms with Crippen molar-refractivity contribution in [3.63, 3.8) is 0 Å². The van der Waals surface area contributed by atoms with Gasteiger partial charge in [0.15, 0.2) is 0 Å². The molecule has 15 heavy (non-hydrogen) atoms. The van der Waals surface area contributed by atoms with Gasteiger partial charge in [0.05, 0.1) is 5.69 Å². The molecule has 1 atom stereocenters. The fraction of sp³-hybridized carbons (Fsp3) is 0.600. The highest BCUT2D eigenvalue weighted by Crippen LogP contribution is 2.25. The molecule has 0 saturated carbocycles. The van der Waals surface area contributed by atoms with Crippen LogP contribution in [-0.4, -0.2) is 28.0 Å². The van der Waals surface area contributed by atoms with Gasteiger partial charge in [-0.1, -0.05) is 0 Å². The Morgan fingerprint density at radius 2 is 2.40 bits per heavy atom. The van der Waals surface area contributed by atoms with E-state index in [1.807, 2.05) is 20.0 Å². The zero-order valence-corrected chi connectivity index (χ0v) is 9.87. The average molecular weight is 225 g/mol. The highest BCUT2D eigenvalue weighted by Gasteiger charge is 2.31. The standard InChI is InChI=1S/C10H15N3OS/c1-7-3-9(12(2)11-7)13-5-8(6-15)4-10(13)14/h3,8,15H,4-6H2,1-2H3. The lowest BCUT2D eigenvalue weighted by atomic mass is 10.1. The Kier molecular flexibility index (Phi) is 2.73. The lowest BCUT2D eigenvalue weighted by Gasteiger charge is -2.15. The van der Waals surface area contributed by atoms with Crippen LogP contribution >= 0.6 is 12.6 Å². The second kappa shape index (κ2) is 3.89. The molecule has 2 heterocycles. The van der Waals surface area contributed by atoms with Gasteiger partial charge >= 0.3 is 0 Å². The predicted molar refractivity (Wildman–Crippen MR) is 62.3 cm³/mol. The van der Waals surface area contributed by atoms with Crippen molar-refractivity contribution in [1.82, 2.24) is 9.78 Å². The number of aryl methyl sites for hydroxylation is 2. The van der Waals surface area contributed by atoms with Crippen LogP contribution in [0.15, 0.2) is 6.07 Å². The van der Waals surface area contributed by atoms with Crippen LogP contribution in [0.25, 0.3) is 0 Å². The third kappa shape index (κ3) is 1.88. The number of rotatable bonds is 2. The molecule has 2 rings (SSSR count). The summed E-state index contributed by atoms with van der Waals surface area (Å²) in [6, 6.07) is 1.94. The van der Waals surface area contributed by atoms with Crippen molar-refractivity contribution in [3.05, 3.63) is 11.8 Å². The Labute approximate surface area is 94.7 Å². The average Bonchev–Trinajstić information content (AvgIpc) is 2.69. The monoisotopic (exact) mass is 225 g/mol. The SMILES string of the molecule is Cc1cc(N2CC(CS)CC2=O)n(C)n1. The number of nitrogens with zero attached hydrogens (tertiary/aromatic N) is 3. The van der Waals surface area contributed by atoms with Crippen molar-refractivity contribution < 1.29 is 4.79 Å². The van der Waals surface area contributed by atoms with E-state index in [0.717, 1.165) is 23.8 Å². The first-order valence-corrected chi connectivity index (χ1v) is 5.67. The summed E-state index contributed by atoms with van der Waals surface area (Å²) in [5, 5.41) is 4.24. The van der Waals surface area contributed by atoms with Gasteiger partial charge in [0, 0.05) is 26.1 Å². The maximum absolute atomic E-state index is 11.8. The van der Waals surface area contributed by atoms with Crippen LogP contribution in [0.4, 0.5) is 5.82 Å². The van der Waals surface area contributed by atoms with Crippen LogP contribution in [0.2, 0.25) is 0 Å². The van der Waals surface area contributed by atoms with E-state index < -0.39 is 0 Å². The molecule has 0 aromatic carbocycles. The van der Waals surface area contributed by atoms with Gasteiger partial charge in [-0.15, -0.1) is 0 Å². The lowest BCUT2D eigenvalue weighted by Crippen LogP contribution is -2.26.